The number of aromatic nitrogens is 3. The Morgan fingerprint density at radius 2 is 1.88 bits per heavy atom. The predicted molar refractivity (Wildman–Crippen MR) is 135 cm³/mol. The second-order valence-electron chi connectivity index (χ2n) is 9.44. The van der Waals surface area contributed by atoms with Crippen LogP contribution in [-0.4, -0.2) is 26.3 Å². The van der Waals surface area contributed by atoms with Crippen LogP contribution in [0.1, 0.15) is 50.8 Å². The van der Waals surface area contributed by atoms with Crippen LogP contribution in [0.2, 0.25) is 5.02 Å². The van der Waals surface area contributed by atoms with E-state index in [1.54, 1.807) is 11.8 Å². The minimum atomic E-state index is -0.307. The second-order valence-corrected chi connectivity index (χ2v) is 11.1. The van der Waals surface area contributed by atoms with Crippen molar-refractivity contribution in [1.82, 2.24) is 14.8 Å². The van der Waals surface area contributed by atoms with E-state index in [0.717, 1.165) is 40.3 Å². The van der Waals surface area contributed by atoms with Crippen molar-refractivity contribution in [2.75, 3.05) is 11.1 Å². The van der Waals surface area contributed by atoms with Crippen LogP contribution in [0.5, 0.6) is 5.75 Å². The van der Waals surface area contributed by atoms with Crippen LogP contribution < -0.4 is 10.1 Å². The van der Waals surface area contributed by atoms with E-state index < -0.39 is 0 Å². The lowest BCUT2D eigenvalue weighted by Gasteiger charge is -2.38. The molecule has 0 saturated heterocycles. The number of rotatable bonds is 6. The Kier molecular flexibility index (Phi) is 6.16. The number of hydrogen-bond acceptors (Lipinski definition) is 6. The number of hydrogen-bond donors (Lipinski definition) is 1. The fourth-order valence-electron chi connectivity index (χ4n) is 4.58. The minimum absolute atomic E-state index is 0.0873. The average molecular weight is 495 g/mol. The number of allylic oxidation sites excluding steroid dienone is 2. The van der Waals surface area contributed by atoms with Gasteiger partial charge in [-0.25, -0.2) is 4.68 Å². The molecule has 0 fully saturated rings. The molecule has 1 aliphatic carbocycles. The van der Waals surface area contributed by atoms with Crippen LogP contribution in [0.15, 0.2) is 65.0 Å². The lowest BCUT2D eigenvalue weighted by Crippen LogP contribution is -2.36. The molecule has 1 N–H and O–H groups in total. The van der Waals surface area contributed by atoms with Crippen LogP contribution in [0, 0.1) is 5.41 Å². The first kappa shape index (κ1) is 23.0. The number of benzene rings is 2. The van der Waals surface area contributed by atoms with Crippen molar-refractivity contribution >= 4 is 35.1 Å². The van der Waals surface area contributed by atoms with E-state index in [4.69, 9.17) is 26.4 Å². The van der Waals surface area contributed by atoms with Gasteiger partial charge in [0.05, 0.1) is 0 Å². The third kappa shape index (κ3) is 4.59. The molecule has 6 nitrogen and oxygen atoms in total. The molecule has 0 radical (unpaired) electrons. The summed E-state index contributed by atoms with van der Waals surface area (Å²) in [5.41, 5.74) is 3.70. The van der Waals surface area contributed by atoms with E-state index in [9.17, 15) is 4.79 Å². The summed E-state index contributed by atoms with van der Waals surface area (Å²) in [6.07, 6.45) is 1.32. The molecular formula is C26H27ClN4O2S. The summed E-state index contributed by atoms with van der Waals surface area (Å²) in [4.78, 5) is 18.0. The number of thioether (sulfide) groups is 1. The Labute approximate surface area is 208 Å². The van der Waals surface area contributed by atoms with Crippen LogP contribution in [-0.2, 0) is 11.4 Å². The Hall–Kier alpha value is -2.77. The van der Waals surface area contributed by atoms with Gasteiger partial charge in [-0.3, -0.25) is 4.79 Å². The van der Waals surface area contributed by atoms with Crippen LogP contribution in [0.4, 0.5) is 5.95 Å². The smallest absolute Gasteiger partial charge is 0.227 e. The van der Waals surface area contributed by atoms with Crippen molar-refractivity contribution in [3.05, 3.63) is 76.0 Å². The van der Waals surface area contributed by atoms with Crippen molar-refractivity contribution in [2.24, 2.45) is 5.41 Å². The Morgan fingerprint density at radius 3 is 2.59 bits per heavy atom. The normalized spacial score (nSPS) is 18.8. The maximum absolute atomic E-state index is 13.3. The third-order valence-electron chi connectivity index (χ3n) is 6.10. The third-order valence-corrected chi connectivity index (χ3v) is 7.07. The zero-order chi connectivity index (χ0) is 23.9. The number of fused-ring (bicyclic) bond motifs is 1. The van der Waals surface area contributed by atoms with E-state index in [0.29, 0.717) is 29.2 Å². The van der Waals surface area contributed by atoms with Crippen molar-refractivity contribution in [2.45, 2.75) is 51.4 Å². The highest BCUT2D eigenvalue weighted by Gasteiger charge is 2.41. The van der Waals surface area contributed by atoms with Crippen LogP contribution in [0.3, 0.4) is 0 Å². The average Bonchev–Trinajstić information content (AvgIpc) is 3.19. The van der Waals surface area contributed by atoms with E-state index in [1.807, 2.05) is 53.2 Å². The molecule has 0 spiro atoms. The SMILES string of the molecule is CCSc1nc2n(n1)C(c1ccc(OCc3ccc(Cl)cc3)cc1)C1=C(CC(C)(C)CC1=O)N2. The van der Waals surface area contributed by atoms with Crippen molar-refractivity contribution in [3.8, 4) is 5.75 Å². The van der Waals surface area contributed by atoms with Crippen molar-refractivity contribution in [1.29, 1.82) is 0 Å². The monoisotopic (exact) mass is 494 g/mol. The Balaban J connectivity index is 1.46. The van der Waals surface area contributed by atoms with Gasteiger partial charge in [0.15, 0.2) is 5.78 Å². The van der Waals surface area contributed by atoms with E-state index >= 15 is 0 Å². The van der Waals surface area contributed by atoms with Gasteiger partial charge in [-0.2, -0.15) is 4.98 Å². The van der Waals surface area contributed by atoms with Gasteiger partial charge in [-0.1, -0.05) is 68.4 Å². The van der Waals surface area contributed by atoms with Gasteiger partial charge in [0.25, 0.3) is 0 Å². The number of Topliss-reactive ketones (excluding diaryl/α,β-unsaturated/α-hetero) is 1. The predicted octanol–water partition coefficient (Wildman–Crippen LogP) is 6.28. The van der Waals surface area contributed by atoms with Gasteiger partial charge in [-0.15, -0.1) is 5.10 Å². The van der Waals surface area contributed by atoms with E-state index in [-0.39, 0.29) is 17.2 Å². The molecule has 0 amide bonds. The molecule has 0 saturated carbocycles. The summed E-state index contributed by atoms with van der Waals surface area (Å²) in [5.74, 6) is 2.50. The van der Waals surface area contributed by atoms with E-state index in [2.05, 4.69) is 26.1 Å². The summed E-state index contributed by atoms with van der Waals surface area (Å²) >= 11 is 7.56. The highest BCUT2D eigenvalue weighted by Crippen LogP contribution is 2.45. The van der Waals surface area contributed by atoms with Gasteiger partial charge in [-0.05, 0) is 53.0 Å². The zero-order valence-electron chi connectivity index (χ0n) is 19.5. The number of carbonyl (C=O) groups excluding carboxylic acids is 1. The second kappa shape index (κ2) is 9.12. The minimum Gasteiger partial charge on any atom is -0.489 e. The molecule has 5 rings (SSSR count). The first-order valence-corrected chi connectivity index (χ1v) is 12.8. The number of anilines is 1. The molecule has 34 heavy (non-hydrogen) atoms. The first-order valence-electron chi connectivity index (χ1n) is 11.4. The van der Waals surface area contributed by atoms with Crippen molar-refractivity contribution in [3.63, 3.8) is 0 Å². The number of nitrogens with zero attached hydrogens (tertiary/aromatic N) is 3. The highest BCUT2D eigenvalue weighted by atomic mass is 35.5. The maximum Gasteiger partial charge on any atom is 0.227 e. The molecule has 176 valence electrons. The Bertz CT molecular complexity index is 1250. The molecule has 2 heterocycles. The number of carbonyl (C=O) groups is 1. The van der Waals surface area contributed by atoms with Crippen LogP contribution >= 0.6 is 23.4 Å². The topological polar surface area (TPSA) is 69.0 Å². The molecule has 2 aromatic carbocycles. The maximum atomic E-state index is 13.3. The largest absolute Gasteiger partial charge is 0.489 e. The van der Waals surface area contributed by atoms with Gasteiger partial charge < -0.3 is 10.1 Å². The Morgan fingerprint density at radius 1 is 1.15 bits per heavy atom. The fourth-order valence-corrected chi connectivity index (χ4v) is 5.26. The molecule has 1 unspecified atom stereocenters. The number of nitrogens with one attached hydrogen (secondary N) is 1. The fraction of sp³-hybridized carbons (Fsp3) is 0.346. The standard InChI is InChI=1S/C26H27ClN4O2S/c1-4-34-25-29-24-28-20-13-26(2,3)14-21(32)22(20)23(31(24)30-25)17-7-11-19(12-8-17)33-15-16-5-9-18(27)10-6-16/h5-12,23H,4,13-15H2,1-3H3,(H,28,29,30). The summed E-state index contributed by atoms with van der Waals surface area (Å²) in [7, 11) is 0. The number of halogens is 1. The molecule has 1 atom stereocenters. The molecular weight excluding hydrogens is 468 g/mol. The van der Waals surface area contributed by atoms with E-state index in [1.165, 1.54) is 0 Å². The van der Waals surface area contributed by atoms with Crippen LogP contribution in [0.25, 0.3) is 0 Å². The number of ether oxygens (including phenoxy) is 1. The number of ketones is 1. The molecule has 1 aliphatic heterocycles. The summed E-state index contributed by atoms with van der Waals surface area (Å²) in [5, 5.41) is 9.58. The molecule has 8 heteroatoms. The summed E-state index contributed by atoms with van der Waals surface area (Å²) in [6, 6.07) is 15.2. The van der Waals surface area contributed by atoms with Crippen molar-refractivity contribution < 1.29 is 9.53 Å². The quantitative estimate of drug-likeness (QED) is 0.406. The van der Waals surface area contributed by atoms with Gasteiger partial charge >= 0.3 is 0 Å². The summed E-state index contributed by atoms with van der Waals surface area (Å²) in [6.45, 7) is 6.80. The lowest BCUT2D eigenvalue weighted by molar-refractivity contribution is -0.118. The molecule has 2 aliphatic rings. The summed E-state index contributed by atoms with van der Waals surface area (Å²) < 4.78 is 7.82. The molecule has 3 aromatic rings. The zero-order valence-corrected chi connectivity index (χ0v) is 21.0. The van der Waals surface area contributed by atoms with Gasteiger partial charge in [0.1, 0.15) is 18.4 Å². The van der Waals surface area contributed by atoms with Gasteiger partial charge in [0.2, 0.25) is 11.1 Å². The highest BCUT2D eigenvalue weighted by molar-refractivity contribution is 7.99. The lowest BCUT2D eigenvalue weighted by atomic mass is 9.73. The molecule has 1 aromatic heterocycles. The first-order chi connectivity index (χ1) is 16.3. The molecule has 0 bridgehead atoms. The van der Waals surface area contributed by atoms with Gasteiger partial charge in [0, 0.05) is 22.7 Å².